The lowest BCUT2D eigenvalue weighted by Gasteiger charge is -2.14. The van der Waals surface area contributed by atoms with E-state index in [0.29, 0.717) is 5.95 Å². The van der Waals surface area contributed by atoms with Crippen LogP contribution in [0.2, 0.25) is 0 Å². The van der Waals surface area contributed by atoms with Gasteiger partial charge in [-0.15, -0.1) is 0 Å². The second kappa shape index (κ2) is 5.65. The minimum absolute atomic E-state index is 0.659. The molecule has 0 aliphatic carbocycles. The van der Waals surface area contributed by atoms with Crippen LogP contribution in [0.1, 0.15) is 0 Å². The summed E-state index contributed by atoms with van der Waals surface area (Å²) in [6, 6.07) is 9.83. The van der Waals surface area contributed by atoms with Gasteiger partial charge in [-0.25, -0.2) is 4.98 Å². The Hall–Kier alpha value is -2.21. The van der Waals surface area contributed by atoms with E-state index in [1.165, 1.54) is 0 Å². The van der Waals surface area contributed by atoms with Crippen LogP contribution in [-0.4, -0.2) is 29.0 Å². The first-order valence-corrected chi connectivity index (χ1v) is 7.24. The molecule has 1 N–H and O–H groups in total. The highest BCUT2D eigenvalue weighted by molar-refractivity contribution is 9.10. The van der Waals surface area contributed by atoms with Gasteiger partial charge in [-0.2, -0.15) is 4.98 Å². The van der Waals surface area contributed by atoms with Crippen molar-refractivity contribution in [1.29, 1.82) is 0 Å². The van der Waals surface area contributed by atoms with Crippen LogP contribution in [0.3, 0.4) is 0 Å². The lowest BCUT2D eigenvalue weighted by atomic mass is 10.2. The van der Waals surface area contributed by atoms with Crippen LogP contribution in [-0.2, 0) is 0 Å². The van der Waals surface area contributed by atoms with Crippen LogP contribution < -0.4 is 10.2 Å². The van der Waals surface area contributed by atoms with E-state index >= 15 is 0 Å². The van der Waals surface area contributed by atoms with E-state index in [4.69, 9.17) is 0 Å². The third kappa shape index (κ3) is 2.95. The molecule has 0 saturated heterocycles. The van der Waals surface area contributed by atoms with E-state index in [9.17, 15) is 0 Å². The average molecular weight is 344 g/mol. The molecular formula is C15H14BrN5. The minimum Gasteiger partial charge on any atom is -0.347 e. The Kier molecular flexibility index (Phi) is 3.70. The van der Waals surface area contributed by atoms with Crippen molar-refractivity contribution in [3.63, 3.8) is 0 Å². The highest BCUT2D eigenvalue weighted by atomic mass is 79.9. The molecule has 0 aliphatic rings. The Balaban J connectivity index is 2.11. The van der Waals surface area contributed by atoms with Gasteiger partial charge in [0.05, 0.1) is 10.9 Å². The number of fused-ring (bicyclic) bond motifs is 1. The van der Waals surface area contributed by atoms with E-state index < -0.39 is 0 Å². The number of rotatable bonds is 3. The standard InChI is InChI=1S/C15H14BrN5/c1-21(2)15-19-13-6-7-17-9-12(13)14(20-15)18-11-5-3-4-10(16)8-11/h3-9H,1-2H3,(H,18,19,20). The van der Waals surface area contributed by atoms with Gasteiger partial charge in [-0.3, -0.25) is 4.98 Å². The molecule has 0 fully saturated rings. The van der Waals surface area contributed by atoms with Gasteiger partial charge in [0.15, 0.2) is 0 Å². The minimum atomic E-state index is 0.659. The molecule has 6 heteroatoms. The number of nitrogens with zero attached hydrogens (tertiary/aromatic N) is 4. The molecule has 3 rings (SSSR count). The summed E-state index contributed by atoms with van der Waals surface area (Å²) in [7, 11) is 3.84. The normalized spacial score (nSPS) is 10.6. The van der Waals surface area contributed by atoms with E-state index in [0.717, 1.165) is 26.9 Å². The Bertz CT molecular complexity index is 788. The lowest BCUT2D eigenvalue weighted by Crippen LogP contribution is -2.13. The summed E-state index contributed by atoms with van der Waals surface area (Å²) >= 11 is 3.47. The summed E-state index contributed by atoms with van der Waals surface area (Å²) in [6.45, 7) is 0. The highest BCUT2D eigenvalue weighted by Crippen LogP contribution is 2.26. The summed E-state index contributed by atoms with van der Waals surface area (Å²) in [5, 5.41) is 4.23. The first-order valence-electron chi connectivity index (χ1n) is 6.45. The maximum atomic E-state index is 4.57. The molecule has 0 aliphatic heterocycles. The third-order valence-electron chi connectivity index (χ3n) is 2.97. The predicted molar refractivity (Wildman–Crippen MR) is 89.1 cm³/mol. The molecule has 2 heterocycles. The molecule has 0 saturated carbocycles. The predicted octanol–water partition coefficient (Wildman–Crippen LogP) is 3.60. The molecule has 2 aromatic heterocycles. The van der Waals surface area contributed by atoms with Gasteiger partial charge in [0.2, 0.25) is 5.95 Å². The van der Waals surface area contributed by atoms with Gasteiger partial charge in [0.1, 0.15) is 5.82 Å². The summed E-state index contributed by atoms with van der Waals surface area (Å²) in [5.74, 6) is 1.40. The Morgan fingerprint density at radius 1 is 1.14 bits per heavy atom. The molecule has 1 aromatic carbocycles. The van der Waals surface area contributed by atoms with Crippen molar-refractivity contribution in [2.24, 2.45) is 0 Å². The van der Waals surface area contributed by atoms with Crippen molar-refractivity contribution in [1.82, 2.24) is 15.0 Å². The van der Waals surface area contributed by atoms with Crippen molar-refractivity contribution < 1.29 is 0 Å². The fraction of sp³-hybridized carbons (Fsp3) is 0.133. The monoisotopic (exact) mass is 343 g/mol. The third-order valence-corrected chi connectivity index (χ3v) is 3.47. The summed E-state index contributed by atoms with van der Waals surface area (Å²) < 4.78 is 1.01. The Labute approximate surface area is 131 Å². The second-order valence-electron chi connectivity index (χ2n) is 4.79. The van der Waals surface area contributed by atoms with Gasteiger partial charge < -0.3 is 10.2 Å². The van der Waals surface area contributed by atoms with Gasteiger partial charge in [-0.05, 0) is 24.3 Å². The van der Waals surface area contributed by atoms with Crippen LogP contribution in [0, 0.1) is 0 Å². The molecule has 0 spiro atoms. The van der Waals surface area contributed by atoms with E-state index in [2.05, 4.69) is 36.2 Å². The fourth-order valence-corrected chi connectivity index (χ4v) is 2.36. The number of benzene rings is 1. The zero-order valence-electron chi connectivity index (χ0n) is 11.7. The van der Waals surface area contributed by atoms with Gasteiger partial charge in [0.25, 0.3) is 0 Å². The van der Waals surface area contributed by atoms with Crippen molar-refractivity contribution >= 4 is 44.3 Å². The zero-order chi connectivity index (χ0) is 14.8. The van der Waals surface area contributed by atoms with Crippen LogP contribution in [0.5, 0.6) is 0 Å². The number of halogens is 1. The second-order valence-corrected chi connectivity index (χ2v) is 5.71. The number of hydrogen-bond donors (Lipinski definition) is 1. The van der Waals surface area contributed by atoms with E-state index in [1.54, 1.807) is 12.4 Å². The number of anilines is 3. The van der Waals surface area contributed by atoms with Crippen molar-refractivity contribution in [2.75, 3.05) is 24.3 Å². The summed E-state index contributed by atoms with van der Waals surface area (Å²) in [4.78, 5) is 15.1. The largest absolute Gasteiger partial charge is 0.347 e. The number of hydrogen-bond acceptors (Lipinski definition) is 5. The fourth-order valence-electron chi connectivity index (χ4n) is 1.96. The van der Waals surface area contributed by atoms with Crippen molar-refractivity contribution in [2.45, 2.75) is 0 Å². The molecule has 5 nitrogen and oxygen atoms in total. The molecule has 3 aromatic rings. The molecule has 0 amide bonds. The van der Waals surface area contributed by atoms with Gasteiger partial charge >= 0.3 is 0 Å². The maximum Gasteiger partial charge on any atom is 0.227 e. The van der Waals surface area contributed by atoms with Crippen LogP contribution >= 0.6 is 15.9 Å². The SMILES string of the molecule is CN(C)c1nc(Nc2cccc(Br)c2)c2cnccc2n1. The summed E-state index contributed by atoms with van der Waals surface area (Å²) in [5.41, 5.74) is 1.82. The van der Waals surface area contributed by atoms with Crippen LogP contribution in [0.25, 0.3) is 10.9 Å². The van der Waals surface area contributed by atoms with Crippen LogP contribution in [0.4, 0.5) is 17.5 Å². The van der Waals surface area contributed by atoms with Crippen molar-refractivity contribution in [3.05, 3.63) is 47.2 Å². The van der Waals surface area contributed by atoms with E-state index in [1.807, 2.05) is 49.3 Å². The van der Waals surface area contributed by atoms with Crippen LogP contribution in [0.15, 0.2) is 47.2 Å². The maximum absolute atomic E-state index is 4.57. The molecule has 0 unspecified atom stereocenters. The molecule has 106 valence electrons. The first-order chi connectivity index (χ1) is 10.1. The molecule has 0 atom stereocenters. The first kappa shape index (κ1) is 13.8. The molecule has 0 radical (unpaired) electrons. The topological polar surface area (TPSA) is 53.9 Å². The quantitative estimate of drug-likeness (QED) is 0.787. The average Bonchev–Trinajstić information content (AvgIpc) is 2.47. The smallest absolute Gasteiger partial charge is 0.227 e. The van der Waals surface area contributed by atoms with Gasteiger partial charge in [-0.1, -0.05) is 22.0 Å². The Morgan fingerprint density at radius 3 is 2.76 bits per heavy atom. The number of nitrogens with one attached hydrogen (secondary N) is 1. The zero-order valence-corrected chi connectivity index (χ0v) is 13.3. The Morgan fingerprint density at radius 2 is 2.00 bits per heavy atom. The molecular weight excluding hydrogens is 330 g/mol. The molecule has 0 bridgehead atoms. The molecule has 21 heavy (non-hydrogen) atoms. The number of aromatic nitrogens is 3. The van der Waals surface area contributed by atoms with Crippen molar-refractivity contribution in [3.8, 4) is 0 Å². The summed E-state index contributed by atoms with van der Waals surface area (Å²) in [6.07, 6.45) is 3.51. The lowest BCUT2D eigenvalue weighted by molar-refractivity contribution is 1.02. The van der Waals surface area contributed by atoms with E-state index in [-0.39, 0.29) is 0 Å². The highest BCUT2D eigenvalue weighted by Gasteiger charge is 2.09. The van der Waals surface area contributed by atoms with Gasteiger partial charge in [0, 0.05) is 36.6 Å². The number of pyridine rings is 1.